The molecule has 0 aromatic carbocycles. The molecular formula is C23H32FN5O. The highest BCUT2D eigenvalue weighted by molar-refractivity contribution is 5.65. The average Bonchev–Trinajstić information content (AvgIpc) is 3.60. The normalized spacial score (nSPS) is 21.4. The van der Waals surface area contributed by atoms with Gasteiger partial charge in [0.15, 0.2) is 5.82 Å². The van der Waals surface area contributed by atoms with Crippen LogP contribution in [0.5, 0.6) is 0 Å². The number of anilines is 2. The highest BCUT2D eigenvalue weighted by Crippen LogP contribution is 2.30. The molecular weight excluding hydrogens is 381 g/mol. The fraction of sp³-hybridized carbons (Fsp3) is 0.565. The Hall–Kier alpha value is -2.25. The summed E-state index contributed by atoms with van der Waals surface area (Å²) in [6.07, 6.45) is 8.23. The molecule has 0 spiro atoms. The van der Waals surface area contributed by atoms with Crippen LogP contribution in [0.3, 0.4) is 0 Å². The van der Waals surface area contributed by atoms with E-state index in [1.807, 2.05) is 18.2 Å². The zero-order chi connectivity index (χ0) is 20.8. The molecule has 2 aliphatic carbocycles. The van der Waals surface area contributed by atoms with Crippen molar-refractivity contribution >= 4 is 11.6 Å². The number of pyridine rings is 2. The van der Waals surface area contributed by atoms with Crippen LogP contribution in [-0.4, -0.2) is 48.9 Å². The Labute approximate surface area is 178 Å². The predicted molar refractivity (Wildman–Crippen MR) is 118 cm³/mol. The lowest BCUT2D eigenvalue weighted by atomic mass is 9.91. The molecule has 0 aliphatic heterocycles. The standard InChI is InChI=1S/C23H32FN5O/c1-30-12-11-25-17-7-9-18(10-8-17)28-23-13-19(20(24)15-27-23)21-3-2-4-22(29-21)26-14-16-5-6-16/h2-4,13,15-18,25H,5-12,14H2,1H3,(H,26,29)(H,27,28)/t17-,18-. The molecule has 2 fully saturated rings. The van der Waals surface area contributed by atoms with E-state index in [9.17, 15) is 4.39 Å². The van der Waals surface area contributed by atoms with E-state index in [2.05, 4.69) is 25.9 Å². The molecule has 0 amide bonds. The van der Waals surface area contributed by atoms with Gasteiger partial charge in [0.25, 0.3) is 0 Å². The lowest BCUT2D eigenvalue weighted by Gasteiger charge is -2.30. The Morgan fingerprint density at radius 3 is 2.63 bits per heavy atom. The Morgan fingerprint density at radius 1 is 1.07 bits per heavy atom. The Bertz CT molecular complexity index is 821. The minimum absolute atomic E-state index is 0.349. The molecule has 0 saturated heterocycles. The first-order valence-electron chi connectivity index (χ1n) is 11.1. The predicted octanol–water partition coefficient (Wildman–Crippen LogP) is 4.06. The van der Waals surface area contributed by atoms with Crippen molar-refractivity contribution in [2.75, 3.05) is 37.4 Å². The third kappa shape index (κ3) is 5.89. The maximum Gasteiger partial charge on any atom is 0.151 e. The number of hydrogen-bond acceptors (Lipinski definition) is 6. The van der Waals surface area contributed by atoms with Gasteiger partial charge in [-0.15, -0.1) is 0 Å². The van der Waals surface area contributed by atoms with Gasteiger partial charge in [-0.05, 0) is 62.6 Å². The molecule has 0 unspecified atom stereocenters. The lowest BCUT2D eigenvalue weighted by Crippen LogP contribution is -2.38. The fourth-order valence-corrected chi connectivity index (χ4v) is 3.98. The number of ether oxygens (including phenoxy) is 1. The van der Waals surface area contributed by atoms with Crippen molar-refractivity contribution in [2.45, 2.75) is 50.6 Å². The van der Waals surface area contributed by atoms with Crippen molar-refractivity contribution in [3.05, 3.63) is 36.3 Å². The number of halogens is 1. The quantitative estimate of drug-likeness (QED) is 0.510. The molecule has 2 saturated carbocycles. The van der Waals surface area contributed by atoms with Crippen molar-refractivity contribution in [1.82, 2.24) is 15.3 Å². The van der Waals surface area contributed by atoms with Crippen LogP contribution in [0, 0.1) is 11.7 Å². The van der Waals surface area contributed by atoms with E-state index >= 15 is 0 Å². The molecule has 6 nitrogen and oxygen atoms in total. The minimum Gasteiger partial charge on any atom is -0.383 e. The molecule has 162 valence electrons. The second-order valence-corrected chi connectivity index (χ2v) is 8.42. The second-order valence-electron chi connectivity index (χ2n) is 8.42. The fourth-order valence-electron chi connectivity index (χ4n) is 3.98. The number of nitrogens with zero attached hydrogens (tertiary/aromatic N) is 2. The molecule has 2 aliphatic rings. The lowest BCUT2D eigenvalue weighted by molar-refractivity contribution is 0.191. The summed E-state index contributed by atoms with van der Waals surface area (Å²) >= 11 is 0. The summed E-state index contributed by atoms with van der Waals surface area (Å²) in [5.41, 5.74) is 1.11. The monoisotopic (exact) mass is 413 g/mol. The van der Waals surface area contributed by atoms with E-state index in [1.165, 1.54) is 19.0 Å². The van der Waals surface area contributed by atoms with Crippen LogP contribution in [0.1, 0.15) is 38.5 Å². The molecule has 2 heterocycles. The van der Waals surface area contributed by atoms with Gasteiger partial charge in [0.1, 0.15) is 11.6 Å². The molecule has 30 heavy (non-hydrogen) atoms. The van der Waals surface area contributed by atoms with Crippen LogP contribution in [0.15, 0.2) is 30.5 Å². The maximum absolute atomic E-state index is 14.5. The summed E-state index contributed by atoms with van der Waals surface area (Å²) in [4.78, 5) is 8.88. The van der Waals surface area contributed by atoms with Crippen LogP contribution >= 0.6 is 0 Å². The third-order valence-electron chi connectivity index (χ3n) is 5.97. The van der Waals surface area contributed by atoms with Crippen LogP contribution < -0.4 is 16.0 Å². The highest BCUT2D eigenvalue weighted by Gasteiger charge is 2.22. The molecule has 4 rings (SSSR count). The summed E-state index contributed by atoms with van der Waals surface area (Å²) in [6.45, 7) is 2.57. The SMILES string of the molecule is COCCN[C@H]1CC[C@H](Nc2cc(-c3cccc(NCC4CC4)n3)c(F)cn2)CC1. The van der Waals surface area contributed by atoms with Gasteiger partial charge in [-0.25, -0.2) is 14.4 Å². The summed E-state index contributed by atoms with van der Waals surface area (Å²) in [6, 6.07) is 8.39. The number of nitrogens with one attached hydrogen (secondary N) is 3. The van der Waals surface area contributed by atoms with Crippen molar-refractivity contribution in [3.63, 3.8) is 0 Å². The molecule has 2 aromatic rings. The van der Waals surface area contributed by atoms with Crippen LogP contribution in [0.4, 0.5) is 16.0 Å². The Balaban J connectivity index is 1.36. The van der Waals surface area contributed by atoms with Crippen molar-refractivity contribution in [2.24, 2.45) is 5.92 Å². The van der Waals surface area contributed by atoms with Gasteiger partial charge in [-0.2, -0.15) is 0 Å². The number of hydrogen-bond donors (Lipinski definition) is 3. The van der Waals surface area contributed by atoms with Gasteiger partial charge in [-0.3, -0.25) is 0 Å². The number of aromatic nitrogens is 2. The molecule has 0 atom stereocenters. The second kappa shape index (κ2) is 10.2. The van der Waals surface area contributed by atoms with Gasteiger partial charge in [0, 0.05) is 37.8 Å². The molecule has 7 heteroatoms. The smallest absolute Gasteiger partial charge is 0.151 e. The highest BCUT2D eigenvalue weighted by atomic mass is 19.1. The molecule has 0 bridgehead atoms. The first kappa shape index (κ1) is 21.0. The van der Waals surface area contributed by atoms with E-state index in [-0.39, 0.29) is 5.82 Å². The van der Waals surface area contributed by atoms with Crippen molar-refractivity contribution < 1.29 is 9.13 Å². The van der Waals surface area contributed by atoms with E-state index in [1.54, 1.807) is 13.2 Å². The van der Waals surface area contributed by atoms with E-state index in [0.29, 0.717) is 29.2 Å². The van der Waals surface area contributed by atoms with Gasteiger partial charge in [-0.1, -0.05) is 6.07 Å². The van der Waals surface area contributed by atoms with Gasteiger partial charge >= 0.3 is 0 Å². The number of methoxy groups -OCH3 is 1. The summed E-state index contributed by atoms with van der Waals surface area (Å²) in [7, 11) is 1.73. The average molecular weight is 414 g/mol. The summed E-state index contributed by atoms with van der Waals surface area (Å²) < 4.78 is 19.6. The molecule has 3 N–H and O–H groups in total. The zero-order valence-electron chi connectivity index (χ0n) is 17.7. The van der Waals surface area contributed by atoms with Crippen LogP contribution in [-0.2, 0) is 4.74 Å². The van der Waals surface area contributed by atoms with Crippen LogP contribution in [0.25, 0.3) is 11.3 Å². The van der Waals surface area contributed by atoms with Crippen molar-refractivity contribution in [1.29, 1.82) is 0 Å². The Kier molecular flexibility index (Phi) is 7.12. The van der Waals surface area contributed by atoms with E-state index in [4.69, 9.17) is 4.74 Å². The van der Waals surface area contributed by atoms with E-state index < -0.39 is 0 Å². The third-order valence-corrected chi connectivity index (χ3v) is 5.97. The van der Waals surface area contributed by atoms with Crippen molar-refractivity contribution in [3.8, 4) is 11.3 Å². The van der Waals surface area contributed by atoms with Gasteiger partial charge in [0.05, 0.1) is 18.5 Å². The van der Waals surface area contributed by atoms with E-state index in [0.717, 1.165) is 57.1 Å². The summed E-state index contributed by atoms with van der Waals surface area (Å²) in [5.74, 6) is 1.91. The largest absolute Gasteiger partial charge is 0.383 e. The van der Waals surface area contributed by atoms with Crippen LogP contribution in [0.2, 0.25) is 0 Å². The summed E-state index contributed by atoms with van der Waals surface area (Å²) in [5, 5.41) is 10.4. The maximum atomic E-state index is 14.5. The first-order valence-corrected chi connectivity index (χ1v) is 11.1. The molecule has 2 aromatic heterocycles. The Morgan fingerprint density at radius 2 is 1.87 bits per heavy atom. The van der Waals surface area contributed by atoms with Gasteiger partial charge < -0.3 is 20.7 Å². The molecule has 0 radical (unpaired) electrons. The number of rotatable bonds is 10. The minimum atomic E-state index is -0.349. The first-order chi connectivity index (χ1) is 14.7. The topological polar surface area (TPSA) is 71.1 Å². The zero-order valence-corrected chi connectivity index (χ0v) is 17.7. The van der Waals surface area contributed by atoms with Gasteiger partial charge in [0.2, 0.25) is 0 Å².